The standard InChI is InChI=1S/C25H24N4O2S/c1-32(30,31)20-6-2-5-18(13-20)25(28)22-14-19(9-11-23(22)27)29-24-7-3-4-17-12-16(15-26)8-10-21(17)24/h2,5-6,8-14,24,28-29H,3-4,7,27H2,1H3/t24-/m0/s1. The lowest BCUT2D eigenvalue weighted by atomic mass is 9.86. The largest absolute Gasteiger partial charge is 0.398 e. The van der Waals surface area contributed by atoms with Crippen molar-refractivity contribution in [2.45, 2.75) is 30.2 Å². The highest BCUT2D eigenvalue weighted by molar-refractivity contribution is 7.90. The van der Waals surface area contributed by atoms with Crippen molar-refractivity contribution >= 4 is 26.9 Å². The molecule has 32 heavy (non-hydrogen) atoms. The van der Waals surface area contributed by atoms with Crippen LogP contribution >= 0.6 is 0 Å². The first-order valence-electron chi connectivity index (χ1n) is 10.3. The van der Waals surface area contributed by atoms with Gasteiger partial charge < -0.3 is 11.1 Å². The molecule has 0 heterocycles. The second-order valence-corrected chi connectivity index (χ2v) is 10.1. The summed E-state index contributed by atoms with van der Waals surface area (Å²) in [6.45, 7) is 0. The number of fused-ring (bicyclic) bond motifs is 1. The Bertz CT molecular complexity index is 1360. The molecular weight excluding hydrogens is 420 g/mol. The minimum absolute atomic E-state index is 0.103. The van der Waals surface area contributed by atoms with Crippen LogP contribution in [-0.2, 0) is 16.3 Å². The number of aryl methyl sites for hydroxylation is 1. The second-order valence-electron chi connectivity index (χ2n) is 8.09. The molecule has 3 aromatic carbocycles. The SMILES string of the molecule is CS(=O)(=O)c1cccc(C(=N)c2cc(N[C@H]3CCCc4cc(C#N)ccc43)ccc2N)c1. The topological polar surface area (TPSA) is 120 Å². The zero-order chi connectivity index (χ0) is 22.9. The molecule has 3 aromatic rings. The van der Waals surface area contributed by atoms with Crippen molar-refractivity contribution in [3.05, 3.63) is 88.5 Å². The van der Waals surface area contributed by atoms with Gasteiger partial charge in [0.05, 0.1) is 28.3 Å². The van der Waals surface area contributed by atoms with Crippen LogP contribution in [0, 0.1) is 16.7 Å². The number of hydrogen-bond acceptors (Lipinski definition) is 6. The van der Waals surface area contributed by atoms with Gasteiger partial charge in [0.15, 0.2) is 9.84 Å². The number of nitrogen functional groups attached to an aromatic ring is 1. The van der Waals surface area contributed by atoms with E-state index in [0.29, 0.717) is 22.4 Å². The van der Waals surface area contributed by atoms with Gasteiger partial charge in [-0.05, 0) is 72.9 Å². The highest BCUT2D eigenvalue weighted by Gasteiger charge is 2.21. The lowest BCUT2D eigenvalue weighted by molar-refractivity contribution is 0.600. The summed E-state index contributed by atoms with van der Waals surface area (Å²) < 4.78 is 23.8. The van der Waals surface area contributed by atoms with Crippen molar-refractivity contribution in [2.24, 2.45) is 0 Å². The molecule has 0 saturated carbocycles. The summed E-state index contributed by atoms with van der Waals surface area (Å²) in [5.74, 6) is 0. The van der Waals surface area contributed by atoms with Gasteiger partial charge in [-0.3, -0.25) is 5.41 Å². The van der Waals surface area contributed by atoms with Gasteiger partial charge in [-0.2, -0.15) is 5.26 Å². The summed E-state index contributed by atoms with van der Waals surface area (Å²) in [7, 11) is -3.37. The fourth-order valence-corrected chi connectivity index (χ4v) is 4.80. The number of hydrogen-bond donors (Lipinski definition) is 3. The van der Waals surface area contributed by atoms with E-state index in [1.807, 2.05) is 30.3 Å². The van der Waals surface area contributed by atoms with Gasteiger partial charge in [0.25, 0.3) is 0 Å². The number of rotatable bonds is 5. The highest BCUT2D eigenvalue weighted by Crippen LogP contribution is 2.34. The average molecular weight is 445 g/mol. The first-order valence-corrected chi connectivity index (χ1v) is 12.2. The van der Waals surface area contributed by atoms with Gasteiger partial charge in [-0.1, -0.05) is 18.2 Å². The Labute approximate surface area is 188 Å². The summed E-state index contributed by atoms with van der Waals surface area (Å²) in [5.41, 5.74) is 11.7. The maximum absolute atomic E-state index is 11.9. The molecule has 0 aromatic heterocycles. The predicted molar refractivity (Wildman–Crippen MR) is 127 cm³/mol. The van der Waals surface area contributed by atoms with Crippen molar-refractivity contribution in [2.75, 3.05) is 17.3 Å². The summed E-state index contributed by atoms with van der Waals surface area (Å²) >= 11 is 0. The Morgan fingerprint density at radius 3 is 2.72 bits per heavy atom. The van der Waals surface area contributed by atoms with E-state index in [9.17, 15) is 13.7 Å². The van der Waals surface area contributed by atoms with Gasteiger partial charge in [-0.25, -0.2) is 8.42 Å². The summed E-state index contributed by atoms with van der Waals surface area (Å²) in [4.78, 5) is 0.170. The molecule has 4 N–H and O–H groups in total. The van der Waals surface area contributed by atoms with E-state index in [1.165, 1.54) is 23.3 Å². The van der Waals surface area contributed by atoms with Gasteiger partial charge in [-0.15, -0.1) is 0 Å². The van der Waals surface area contributed by atoms with Gasteiger partial charge >= 0.3 is 0 Å². The summed E-state index contributed by atoms with van der Waals surface area (Å²) in [6.07, 6.45) is 4.09. The number of nitriles is 1. The lowest BCUT2D eigenvalue weighted by Crippen LogP contribution is -2.18. The van der Waals surface area contributed by atoms with Crippen LogP contribution in [0.3, 0.4) is 0 Å². The molecular formula is C25H24N4O2S. The summed E-state index contributed by atoms with van der Waals surface area (Å²) in [5, 5.41) is 21.4. The van der Waals surface area contributed by atoms with Crippen LogP contribution in [0.4, 0.5) is 11.4 Å². The lowest BCUT2D eigenvalue weighted by Gasteiger charge is -2.28. The smallest absolute Gasteiger partial charge is 0.175 e. The van der Waals surface area contributed by atoms with Crippen molar-refractivity contribution < 1.29 is 8.42 Å². The molecule has 7 heteroatoms. The molecule has 0 bridgehead atoms. The molecule has 0 fully saturated rings. The van der Waals surface area contributed by atoms with Crippen LogP contribution in [0.2, 0.25) is 0 Å². The molecule has 162 valence electrons. The van der Waals surface area contributed by atoms with Crippen molar-refractivity contribution in [1.82, 2.24) is 0 Å². The molecule has 0 radical (unpaired) electrons. The van der Waals surface area contributed by atoms with E-state index < -0.39 is 9.84 Å². The van der Waals surface area contributed by atoms with E-state index in [4.69, 9.17) is 11.1 Å². The molecule has 4 rings (SSSR count). The van der Waals surface area contributed by atoms with E-state index in [-0.39, 0.29) is 16.6 Å². The summed E-state index contributed by atoms with van der Waals surface area (Å²) in [6, 6.07) is 20.0. The molecule has 1 atom stereocenters. The molecule has 0 amide bonds. The van der Waals surface area contributed by atoms with Crippen molar-refractivity contribution in [3.8, 4) is 6.07 Å². The van der Waals surface area contributed by atoms with Gasteiger partial charge in [0.2, 0.25) is 0 Å². The third-order valence-electron chi connectivity index (χ3n) is 5.80. The van der Waals surface area contributed by atoms with E-state index in [1.54, 1.807) is 18.2 Å². The number of nitrogens with two attached hydrogens (primary N) is 1. The van der Waals surface area contributed by atoms with Gasteiger partial charge in [0.1, 0.15) is 0 Å². The van der Waals surface area contributed by atoms with Crippen LogP contribution in [0.25, 0.3) is 0 Å². The van der Waals surface area contributed by atoms with Crippen LogP contribution in [0.5, 0.6) is 0 Å². The zero-order valence-electron chi connectivity index (χ0n) is 17.7. The minimum Gasteiger partial charge on any atom is -0.398 e. The third kappa shape index (κ3) is 4.36. The van der Waals surface area contributed by atoms with Crippen LogP contribution < -0.4 is 11.1 Å². The first-order chi connectivity index (χ1) is 15.3. The second kappa shape index (κ2) is 8.48. The van der Waals surface area contributed by atoms with Crippen LogP contribution in [-0.4, -0.2) is 20.4 Å². The Balaban J connectivity index is 1.64. The molecule has 0 saturated heterocycles. The van der Waals surface area contributed by atoms with Crippen LogP contribution in [0.1, 0.15) is 46.7 Å². The Kier molecular flexibility index (Phi) is 5.72. The van der Waals surface area contributed by atoms with E-state index in [0.717, 1.165) is 31.2 Å². The Morgan fingerprint density at radius 1 is 1.16 bits per heavy atom. The normalized spacial score (nSPS) is 15.4. The number of sulfone groups is 1. The fourth-order valence-electron chi connectivity index (χ4n) is 4.14. The highest BCUT2D eigenvalue weighted by atomic mass is 32.2. The average Bonchev–Trinajstić information content (AvgIpc) is 2.79. The van der Waals surface area contributed by atoms with E-state index in [2.05, 4.69) is 11.4 Å². The number of nitrogens with one attached hydrogen (secondary N) is 2. The first kappa shape index (κ1) is 21.6. The van der Waals surface area contributed by atoms with Crippen molar-refractivity contribution in [1.29, 1.82) is 10.7 Å². The number of anilines is 2. The molecule has 0 aliphatic heterocycles. The maximum atomic E-state index is 11.9. The Morgan fingerprint density at radius 2 is 1.97 bits per heavy atom. The monoisotopic (exact) mass is 444 g/mol. The van der Waals surface area contributed by atoms with E-state index >= 15 is 0 Å². The zero-order valence-corrected chi connectivity index (χ0v) is 18.5. The molecule has 1 aliphatic rings. The third-order valence-corrected chi connectivity index (χ3v) is 6.91. The molecule has 0 unspecified atom stereocenters. The Hall–Kier alpha value is -3.63. The van der Waals surface area contributed by atoms with Crippen LogP contribution in [0.15, 0.2) is 65.6 Å². The van der Waals surface area contributed by atoms with Gasteiger partial charge in [0, 0.05) is 28.8 Å². The van der Waals surface area contributed by atoms with Crippen molar-refractivity contribution in [3.63, 3.8) is 0 Å². The quantitative estimate of drug-likeness (QED) is 0.397. The number of benzene rings is 3. The molecule has 1 aliphatic carbocycles. The maximum Gasteiger partial charge on any atom is 0.175 e. The molecule has 0 spiro atoms. The minimum atomic E-state index is -3.37. The fraction of sp³-hybridized carbons (Fsp3) is 0.200. The predicted octanol–water partition coefficient (Wildman–Crippen LogP) is 4.45. The molecule has 6 nitrogen and oxygen atoms in total. The number of nitrogens with zero attached hydrogens (tertiary/aromatic N) is 1.